The molecule has 0 aliphatic rings. The molecule has 0 aromatic heterocycles. The van der Waals surface area contributed by atoms with Gasteiger partial charge in [0, 0.05) is 31.0 Å². The van der Waals surface area contributed by atoms with Gasteiger partial charge in [0.05, 0.1) is 0 Å². The van der Waals surface area contributed by atoms with E-state index in [9.17, 15) is 4.79 Å². The molecule has 2 amide bonds. The molecule has 0 radical (unpaired) electrons. The number of benzene rings is 1. The van der Waals surface area contributed by atoms with E-state index in [4.69, 9.17) is 0 Å². The molecular formula is C14H23N3O. The lowest BCUT2D eigenvalue weighted by Crippen LogP contribution is -2.43. The number of anilines is 2. The molecule has 0 aliphatic heterocycles. The molecule has 1 aromatic carbocycles. The van der Waals surface area contributed by atoms with Crippen LogP contribution in [0.5, 0.6) is 0 Å². The van der Waals surface area contributed by atoms with Crippen molar-refractivity contribution < 1.29 is 4.79 Å². The maximum absolute atomic E-state index is 11.7. The molecule has 1 rings (SSSR count). The summed E-state index contributed by atoms with van der Waals surface area (Å²) in [6, 6.07) is 5.70. The molecular weight excluding hydrogens is 226 g/mol. The Kier molecular flexibility index (Phi) is 4.22. The van der Waals surface area contributed by atoms with E-state index in [-0.39, 0.29) is 11.6 Å². The third-order valence-corrected chi connectivity index (χ3v) is 2.42. The first-order chi connectivity index (χ1) is 8.19. The van der Waals surface area contributed by atoms with Crippen LogP contribution in [0.15, 0.2) is 18.2 Å². The highest BCUT2D eigenvalue weighted by atomic mass is 16.2. The van der Waals surface area contributed by atoms with Crippen LogP contribution in [0.1, 0.15) is 26.3 Å². The number of nitrogens with zero attached hydrogens (tertiary/aromatic N) is 1. The summed E-state index contributed by atoms with van der Waals surface area (Å²) < 4.78 is 0. The highest BCUT2D eigenvalue weighted by molar-refractivity contribution is 5.90. The second kappa shape index (κ2) is 5.29. The Morgan fingerprint density at radius 3 is 2.28 bits per heavy atom. The lowest BCUT2D eigenvalue weighted by molar-refractivity contribution is 0.244. The van der Waals surface area contributed by atoms with Crippen LogP contribution in [0, 0.1) is 6.92 Å². The van der Waals surface area contributed by atoms with Crippen LogP contribution in [-0.2, 0) is 0 Å². The lowest BCUT2D eigenvalue weighted by Gasteiger charge is -2.21. The van der Waals surface area contributed by atoms with Crippen molar-refractivity contribution in [1.29, 1.82) is 0 Å². The molecule has 0 aliphatic carbocycles. The van der Waals surface area contributed by atoms with Crippen LogP contribution in [0.2, 0.25) is 0 Å². The minimum absolute atomic E-state index is 0.181. The van der Waals surface area contributed by atoms with Crippen molar-refractivity contribution in [3.63, 3.8) is 0 Å². The third-order valence-electron chi connectivity index (χ3n) is 2.42. The molecule has 0 saturated carbocycles. The number of aryl methyl sites for hydroxylation is 1. The summed E-state index contributed by atoms with van der Waals surface area (Å²) in [5, 5.41) is 5.70. The Morgan fingerprint density at radius 1 is 1.22 bits per heavy atom. The van der Waals surface area contributed by atoms with Crippen molar-refractivity contribution in [3.8, 4) is 0 Å². The van der Waals surface area contributed by atoms with E-state index in [0.717, 1.165) is 16.9 Å². The van der Waals surface area contributed by atoms with Crippen LogP contribution in [-0.4, -0.2) is 25.7 Å². The van der Waals surface area contributed by atoms with Crippen LogP contribution >= 0.6 is 0 Å². The second-order valence-electron chi connectivity index (χ2n) is 5.72. The van der Waals surface area contributed by atoms with Gasteiger partial charge in [-0.1, -0.05) is 0 Å². The number of nitrogens with one attached hydrogen (secondary N) is 2. The van der Waals surface area contributed by atoms with E-state index >= 15 is 0 Å². The molecule has 0 heterocycles. The third kappa shape index (κ3) is 4.28. The Balaban J connectivity index is 2.75. The number of amides is 2. The number of rotatable bonds is 2. The summed E-state index contributed by atoms with van der Waals surface area (Å²) in [7, 11) is 4.00. The van der Waals surface area contributed by atoms with Crippen LogP contribution in [0.4, 0.5) is 16.2 Å². The molecule has 0 bridgehead atoms. The number of hydrogen-bond acceptors (Lipinski definition) is 2. The molecule has 0 spiro atoms. The molecule has 0 atom stereocenters. The fourth-order valence-corrected chi connectivity index (χ4v) is 1.74. The van der Waals surface area contributed by atoms with Gasteiger partial charge in [0.25, 0.3) is 0 Å². The predicted molar refractivity (Wildman–Crippen MR) is 77.4 cm³/mol. The SMILES string of the molecule is Cc1cc(NC(=O)NC(C)(C)C)ccc1N(C)C. The van der Waals surface area contributed by atoms with Gasteiger partial charge in [0.2, 0.25) is 0 Å². The molecule has 2 N–H and O–H groups in total. The van der Waals surface area contributed by atoms with Crippen LogP contribution < -0.4 is 15.5 Å². The Morgan fingerprint density at radius 2 is 1.83 bits per heavy atom. The van der Waals surface area contributed by atoms with Crippen molar-refractivity contribution in [3.05, 3.63) is 23.8 Å². The summed E-state index contributed by atoms with van der Waals surface area (Å²) in [6.07, 6.45) is 0. The zero-order valence-corrected chi connectivity index (χ0v) is 12.1. The van der Waals surface area contributed by atoms with Gasteiger partial charge in [0.1, 0.15) is 0 Å². The van der Waals surface area contributed by atoms with Crippen molar-refractivity contribution in [2.45, 2.75) is 33.2 Å². The fraction of sp³-hybridized carbons (Fsp3) is 0.500. The van der Waals surface area contributed by atoms with Crippen molar-refractivity contribution >= 4 is 17.4 Å². The van der Waals surface area contributed by atoms with Crippen LogP contribution in [0.25, 0.3) is 0 Å². The van der Waals surface area contributed by atoms with E-state index in [2.05, 4.69) is 10.6 Å². The monoisotopic (exact) mass is 249 g/mol. The Labute approximate surface area is 109 Å². The first-order valence-corrected chi connectivity index (χ1v) is 6.06. The molecule has 4 nitrogen and oxygen atoms in total. The minimum atomic E-state index is -0.233. The van der Waals surface area contributed by atoms with Crippen molar-refractivity contribution in [2.75, 3.05) is 24.3 Å². The van der Waals surface area contributed by atoms with Gasteiger partial charge in [0.15, 0.2) is 0 Å². The fourth-order valence-electron chi connectivity index (χ4n) is 1.74. The van der Waals surface area contributed by atoms with Crippen LogP contribution in [0.3, 0.4) is 0 Å². The average molecular weight is 249 g/mol. The smallest absolute Gasteiger partial charge is 0.319 e. The normalized spacial score (nSPS) is 11.0. The highest BCUT2D eigenvalue weighted by Crippen LogP contribution is 2.21. The van der Waals surface area contributed by atoms with Gasteiger partial charge in [-0.05, 0) is 51.5 Å². The first-order valence-electron chi connectivity index (χ1n) is 6.06. The summed E-state index contributed by atoms with van der Waals surface area (Å²) in [4.78, 5) is 13.8. The van der Waals surface area contributed by atoms with Gasteiger partial charge in [-0.3, -0.25) is 0 Å². The summed E-state index contributed by atoms with van der Waals surface area (Å²) in [5.74, 6) is 0. The first kappa shape index (κ1) is 14.4. The van der Waals surface area contributed by atoms with Gasteiger partial charge < -0.3 is 15.5 Å². The maximum Gasteiger partial charge on any atom is 0.319 e. The van der Waals surface area contributed by atoms with E-state index in [0.29, 0.717) is 0 Å². The molecule has 100 valence electrons. The number of hydrogen-bond donors (Lipinski definition) is 2. The van der Waals surface area contributed by atoms with Gasteiger partial charge in [-0.15, -0.1) is 0 Å². The number of carbonyl (C=O) groups excluding carboxylic acids is 1. The predicted octanol–water partition coefficient (Wildman–Crippen LogP) is 2.98. The quantitative estimate of drug-likeness (QED) is 0.846. The highest BCUT2D eigenvalue weighted by Gasteiger charge is 2.13. The molecule has 0 unspecified atom stereocenters. The van der Waals surface area contributed by atoms with Crippen molar-refractivity contribution in [1.82, 2.24) is 5.32 Å². The number of urea groups is 1. The molecule has 18 heavy (non-hydrogen) atoms. The summed E-state index contributed by atoms with van der Waals surface area (Å²) in [5.41, 5.74) is 2.85. The summed E-state index contributed by atoms with van der Waals surface area (Å²) >= 11 is 0. The minimum Gasteiger partial charge on any atom is -0.377 e. The van der Waals surface area contributed by atoms with E-state index in [1.165, 1.54) is 0 Å². The maximum atomic E-state index is 11.7. The zero-order chi connectivity index (χ0) is 13.9. The van der Waals surface area contributed by atoms with Gasteiger partial charge in [-0.25, -0.2) is 4.79 Å². The molecule has 0 fully saturated rings. The summed E-state index contributed by atoms with van der Waals surface area (Å²) in [6.45, 7) is 7.88. The lowest BCUT2D eigenvalue weighted by atomic mass is 10.1. The Hall–Kier alpha value is -1.71. The van der Waals surface area contributed by atoms with Gasteiger partial charge in [-0.2, -0.15) is 0 Å². The van der Waals surface area contributed by atoms with E-state index < -0.39 is 0 Å². The Bertz CT molecular complexity index is 433. The molecule has 4 heteroatoms. The van der Waals surface area contributed by atoms with E-state index in [1.54, 1.807) is 0 Å². The molecule has 0 saturated heterocycles. The average Bonchev–Trinajstić information content (AvgIpc) is 2.13. The standard InChI is InChI=1S/C14H23N3O/c1-10-9-11(7-8-12(10)17(5)6)15-13(18)16-14(2,3)4/h7-9H,1-6H3,(H2,15,16,18). The topological polar surface area (TPSA) is 44.4 Å². The largest absolute Gasteiger partial charge is 0.377 e. The second-order valence-corrected chi connectivity index (χ2v) is 5.72. The van der Waals surface area contributed by atoms with Gasteiger partial charge >= 0.3 is 6.03 Å². The van der Waals surface area contributed by atoms with Crippen molar-refractivity contribution in [2.24, 2.45) is 0 Å². The van der Waals surface area contributed by atoms with E-state index in [1.807, 2.05) is 64.9 Å². The number of carbonyl (C=O) groups is 1. The molecule has 1 aromatic rings. The zero-order valence-electron chi connectivity index (χ0n) is 12.1.